The van der Waals surface area contributed by atoms with E-state index in [2.05, 4.69) is 24.0 Å². The molecule has 1 atom stereocenters. The molecule has 0 saturated carbocycles. The maximum Gasteiger partial charge on any atom is 0.123 e. The van der Waals surface area contributed by atoms with Gasteiger partial charge in [0.05, 0.1) is 13.2 Å². The van der Waals surface area contributed by atoms with Crippen molar-refractivity contribution in [3.05, 3.63) is 58.9 Å². The van der Waals surface area contributed by atoms with Crippen LogP contribution in [0.5, 0.6) is 0 Å². The number of rotatable bonds is 3. The summed E-state index contributed by atoms with van der Waals surface area (Å²) in [5, 5.41) is 0.565. The molecular formula is C18H19ClFNO. The van der Waals surface area contributed by atoms with E-state index in [0.29, 0.717) is 11.1 Å². The Morgan fingerprint density at radius 3 is 2.45 bits per heavy atom. The smallest absolute Gasteiger partial charge is 0.123 e. The Bertz CT molecular complexity index is 638. The molecular weight excluding hydrogens is 301 g/mol. The van der Waals surface area contributed by atoms with Crippen LogP contribution in [0.1, 0.15) is 18.5 Å². The van der Waals surface area contributed by atoms with E-state index in [0.717, 1.165) is 37.4 Å². The van der Waals surface area contributed by atoms with Crippen molar-refractivity contribution in [1.29, 1.82) is 0 Å². The van der Waals surface area contributed by atoms with E-state index in [1.807, 2.05) is 12.1 Å². The molecule has 22 heavy (non-hydrogen) atoms. The normalized spacial score (nSPS) is 17.4. The first kappa shape index (κ1) is 15.5. The molecule has 1 aliphatic heterocycles. The largest absolute Gasteiger partial charge is 0.379 e. The summed E-state index contributed by atoms with van der Waals surface area (Å²) in [5.41, 5.74) is 2.91. The van der Waals surface area contributed by atoms with Crippen LogP contribution in [0.25, 0.3) is 11.1 Å². The molecule has 1 aliphatic rings. The van der Waals surface area contributed by atoms with Gasteiger partial charge in [-0.3, -0.25) is 4.90 Å². The number of halogens is 2. The van der Waals surface area contributed by atoms with Crippen molar-refractivity contribution in [2.24, 2.45) is 0 Å². The second-order valence-corrected chi connectivity index (χ2v) is 5.98. The van der Waals surface area contributed by atoms with Gasteiger partial charge in [-0.2, -0.15) is 0 Å². The van der Waals surface area contributed by atoms with Gasteiger partial charge in [0.1, 0.15) is 5.82 Å². The fraction of sp³-hybridized carbons (Fsp3) is 0.333. The maximum atomic E-state index is 13.4. The second kappa shape index (κ2) is 6.78. The quantitative estimate of drug-likeness (QED) is 0.823. The number of ether oxygens (including phenoxy) is 1. The molecule has 4 heteroatoms. The summed E-state index contributed by atoms with van der Waals surface area (Å²) in [5.74, 6) is -0.273. The van der Waals surface area contributed by atoms with E-state index in [9.17, 15) is 4.39 Å². The maximum absolute atomic E-state index is 13.4. The van der Waals surface area contributed by atoms with Gasteiger partial charge in [-0.25, -0.2) is 4.39 Å². The highest BCUT2D eigenvalue weighted by molar-refractivity contribution is 6.33. The molecule has 3 rings (SSSR count). The van der Waals surface area contributed by atoms with Gasteiger partial charge in [-0.05, 0) is 36.2 Å². The van der Waals surface area contributed by atoms with Gasteiger partial charge in [-0.1, -0.05) is 35.9 Å². The van der Waals surface area contributed by atoms with Gasteiger partial charge >= 0.3 is 0 Å². The lowest BCUT2D eigenvalue weighted by Gasteiger charge is -2.32. The van der Waals surface area contributed by atoms with Crippen molar-refractivity contribution in [3.63, 3.8) is 0 Å². The minimum Gasteiger partial charge on any atom is -0.379 e. The van der Waals surface area contributed by atoms with E-state index in [1.165, 1.54) is 17.7 Å². The molecule has 0 aromatic heterocycles. The predicted molar refractivity (Wildman–Crippen MR) is 87.7 cm³/mol. The molecule has 0 bridgehead atoms. The number of nitrogens with zero attached hydrogens (tertiary/aromatic N) is 1. The van der Waals surface area contributed by atoms with Crippen LogP contribution in [-0.2, 0) is 4.74 Å². The van der Waals surface area contributed by atoms with Gasteiger partial charge in [0.2, 0.25) is 0 Å². The standard InChI is InChI=1S/C18H19ClFNO/c1-13(21-8-10-22-11-9-21)14-2-4-15(5-3-14)17-12-16(20)6-7-18(17)19/h2-7,12-13H,8-11H2,1H3. The summed E-state index contributed by atoms with van der Waals surface area (Å²) in [6, 6.07) is 13.0. The van der Waals surface area contributed by atoms with E-state index in [1.54, 1.807) is 6.07 Å². The van der Waals surface area contributed by atoms with Crippen LogP contribution in [0.4, 0.5) is 4.39 Å². The third-order valence-electron chi connectivity index (χ3n) is 4.23. The number of benzene rings is 2. The summed E-state index contributed by atoms with van der Waals surface area (Å²) >= 11 is 6.17. The lowest BCUT2D eigenvalue weighted by atomic mass is 10.0. The summed E-state index contributed by atoms with van der Waals surface area (Å²) in [6.45, 7) is 5.70. The molecule has 2 nitrogen and oxygen atoms in total. The van der Waals surface area contributed by atoms with Crippen molar-refractivity contribution in [2.75, 3.05) is 26.3 Å². The average molecular weight is 320 g/mol. The first-order valence-electron chi connectivity index (χ1n) is 7.52. The first-order chi connectivity index (χ1) is 10.6. The van der Waals surface area contributed by atoms with Crippen molar-refractivity contribution in [2.45, 2.75) is 13.0 Å². The highest BCUT2D eigenvalue weighted by Gasteiger charge is 2.18. The Kier molecular flexibility index (Phi) is 4.77. The molecule has 1 unspecified atom stereocenters. The molecule has 1 fully saturated rings. The second-order valence-electron chi connectivity index (χ2n) is 5.57. The van der Waals surface area contributed by atoms with Crippen LogP contribution >= 0.6 is 11.6 Å². The lowest BCUT2D eigenvalue weighted by molar-refractivity contribution is 0.0198. The fourth-order valence-corrected chi connectivity index (χ4v) is 3.06. The van der Waals surface area contributed by atoms with Gasteiger partial charge in [-0.15, -0.1) is 0 Å². The van der Waals surface area contributed by atoms with Gasteiger partial charge in [0, 0.05) is 29.7 Å². The summed E-state index contributed by atoms with van der Waals surface area (Å²) in [7, 11) is 0. The fourth-order valence-electron chi connectivity index (χ4n) is 2.84. The van der Waals surface area contributed by atoms with E-state index in [-0.39, 0.29) is 5.82 Å². The molecule has 0 amide bonds. The predicted octanol–water partition coefficient (Wildman–Crippen LogP) is 4.54. The zero-order valence-electron chi connectivity index (χ0n) is 12.6. The average Bonchev–Trinajstić information content (AvgIpc) is 2.57. The van der Waals surface area contributed by atoms with E-state index in [4.69, 9.17) is 16.3 Å². The van der Waals surface area contributed by atoms with Crippen LogP contribution < -0.4 is 0 Å². The Balaban J connectivity index is 1.81. The van der Waals surface area contributed by atoms with Crippen molar-refractivity contribution in [3.8, 4) is 11.1 Å². The molecule has 2 aromatic carbocycles. The first-order valence-corrected chi connectivity index (χ1v) is 7.90. The van der Waals surface area contributed by atoms with Crippen LogP contribution in [0, 0.1) is 5.82 Å². The zero-order chi connectivity index (χ0) is 15.5. The third-order valence-corrected chi connectivity index (χ3v) is 4.56. The van der Waals surface area contributed by atoms with Crippen molar-refractivity contribution < 1.29 is 9.13 Å². The number of hydrogen-bond donors (Lipinski definition) is 0. The number of morpholine rings is 1. The minimum absolute atomic E-state index is 0.273. The Morgan fingerprint density at radius 2 is 1.77 bits per heavy atom. The summed E-state index contributed by atoms with van der Waals surface area (Å²) < 4.78 is 18.8. The molecule has 0 spiro atoms. The highest BCUT2D eigenvalue weighted by atomic mass is 35.5. The van der Waals surface area contributed by atoms with Gasteiger partial charge in [0.15, 0.2) is 0 Å². The van der Waals surface area contributed by atoms with Crippen molar-refractivity contribution in [1.82, 2.24) is 4.90 Å². The van der Waals surface area contributed by atoms with Crippen LogP contribution in [0.2, 0.25) is 5.02 Å². The van der Waals surface area contributed by atoms with Crippen molar-refractivity contribution >= 4 is 11.6 Å². The third kappa shape index (κ3) is 3.32. The van der Waals surface area contributed by atoms with Gasteiger partial charge in [0.25, 0.3) is 0 Å². The molecule has 0 N–H and O–H groups in total. The lowest BCUT2D eigenvalue weighted by Crippen LogP contribution is -2.37. The van der Waals surface area contributed by atoms with E-state index < -0.39 is 0 Å². The highest BCUT2D eigenvalue weighted by Crippen LogP contribution is 2.30. The Hall–Kier alpha value is -1.42. The van der Waals surface area contributed by atoms with Gasteiger partial charge < -0.3 is 4.74 Å². The SMILES string of the molecule is CC(c1ccc(-c2cc(F)ccc2Cl)cc1)N1CCOCC1. The zero-order valence-corrected chi connectivity index (χ0v) is 13.3. The molecule has 116 valence electrons. The van der Waals surface area contributed by atoms with Crippen LogP contribution in [0.3, 0.4) is 0 Å². The number of hydrogen-bond acceptors (Lipinski definition) is 2. The van der Waals surface area contributed by atoms with E-state index >= 15 is 0 Å². The molecule has 0 radical (unpaired) electrons. The Labute approximate surface area is 135 Å². The summed E-state index contributed by atoms with van der Waals surface area (Å²) in [4.78, 5) is 2.41. The summed E-state index contributed by atoms with van der Waals surface area (Å²) in [6.07, 6.45) is 0. The van der Waals surface area contributed by atoms with Crippen LogP contribution in [-0.4, -0.2) is 31.2 Å². The molecule has 0 aliphatic carbocycles. The Morgan fingerprint density at radius 1 is 1.09 bits per heavy atom. The topological polar surface area (TPSA) is 12.5 Å². The minimum atomic E-state index is -0.273. The van der Waals surface area contributed by atoms with Crippen LogP contribution in [0.15, 0.2) is 42.5 Å². The molecule has 1 heterocycles. The monoisotopic (exact) mass is 319 g/mol. The molecule has 2 aromatic rings. The molecule has 1 saturated heterocycles.